The number of hydrogen-bond donors (Lipinski definition) is 2. The van der Waals surface area contributed by atoms with Gasteiger partial charge in [0.05, 0.1) is 17.6 Å². The molecule has 162 valence electrons. The summed E-state index contributed by atoms with van der Waals surface area (Å²) in [5, 5.41) is 2.75. The normalized spacial score (nSPS) is 14.3. The van der Waals surface area contributed by atoms with E-state index in [0.29, 0.717) is 30.5 Å². The van der Waals surface area contributed by atoms with Crippen molar-refractivity contribution < 1.29 is 27.4 Å². The molecule has 2 N–H and O–H groups in total. The van der Waals surface area contributed by atoms with Crippen LogP contribution < -0.4 is 24.2 Å². The zero-order valence-corrected chi connectivity index (χ0v) is 18.2. The highest BCUT2D eigenvalue weighted by molar-refractivity contribution is 7.89. The molecular formula is C21H26N2O6S. The Balaban J connectivity index is 1.85. The van der Waals surface area contributed by atoms with Gasteiger partial charge in [-0.15, -0.1) is 0 Å². The second kappa shape index (κ2) is 8.93. The Morgan fingerprint density at radius 2 is 1.73 bits per heavy atom. The summed E-state index contributed by atoms with van der Waals surface area (Å²) in [7, 11) is -2.47. The standard InChI is InChI=1S/C21H26N2O6S/c1-13(2)22-21(24)17-12-16(6-8-18(17)27-4)30(25,26)23-14(3)15-5-7-19-20(11-15)29-10-9-28-19/h5-8,11-14,23H,9-10H2,1-4H3,(H,22,24)/t14-/m0/s1. The Labute approximate surface area is 176 Å². The quantitative estimate of drug-likeness (QED) is 0.695. The van der Waals surface area contributed by atoms with Crippen molar-refractivity contribution >= 4 is 15.9 Å². The summed E-state index contributed by atoms with van der Waals surface area (Å²) in [4.78, 5) is 12.4. The van der Waals surface area contributed by atoms with E-state index in [0.717, 1.165) is 5.56 Å². The molecule has 0 saturated carbocycles. The Morgan fingerprint density at radius 3 is 2.40 bits per heavy atom. The molecule has 1 atom stereocenters. The second-order valence-electron chi connectivity index (χ2n) is 7.24. The van der Waals surface area contributed by atoms with Gasteiger partial charge in [0.2, 0.25) is 10.0 Å². The van der Waals surface area contributed by atoms with Crippen molar-refractivity contribution in [3.63, 3.8) is 0 Å². The summed E-state index contributed by atoms with van der Waals surface area (Å²) >= 11 is 0. The van der Waals surface area contributed by atoms with Crippen molar-refractivity contribution in [1.29, 1.82) is 0 Å². The highest BCUT2D eigenvalue weighted by Crippen LogP contribution is 2.33. The predicted molar refractivity (Wildman–Crippen MR) is 112 cm³/mol. The molecule has 0 unspecified atom stereocenters. The van der Waals surface area contributed by atoms with E-state index >= 15 is 0 Å². The Bertz CT molecular complexity index is 1040. The summed E-state index contributed by atoms with van der Waals surface area (Å²) < 4.78 is 44.9. The predicted octanol–water partition coefficient (Wildman–Crippen LogP) is 2.64. The zero-order valence-electron chi connectivity index (χ0n) is 17.4. The maximum atomic E-state index is 13.0. The summed E-state index contributed by atoms with van der Waals surface area (Å²) in [5.41, 5.74) is 0.884. The van der Waals surface area contributed by atoms with Crippen molar-refractivity contribution in [3.8, 4) is 17.2 Å². The maximum Gasteiger partial charge on any atom is 0.255 e. The van der Waals surface area contributed by atoms with Gasteiger partial charge in [-0.3, -0.25) is 4.79 Å². The van der Waals surface area contributed by atoms with E-state index in [4.69, 9.17) is 14.2 Å². The smallest absolute Gasteiger partial charge is 0.255 e. The van der Waals surface area contributed by atoms with E-state index in [-0.39, 0.29) is 16.5 Å². The first-order valence-corrected chi connectivity index (χ1v) is 11.1. The first-order chi connectivity index (χ1) is 14.2. The van der Waals surface area contributed by atoms with E-state index in [1.165, 1.54) is 25.3 Å². The van der Waals surface area contributed by atoms with Crippen LogP contribution >= 0.6 is 0 Å². The molecule has 0 spiro atoms. The monoisotopic (exact) mass is 434 g/mol. The fraction of sp³-hybridized carbons (Fsp3) is 0.381. The SMILES string of the molecule is COc1ccc(S(=O)(=O)N[C@@H](C)c2ccc3c(c2)OCCO3)cc1C(=O)NC(C)C. The van der Waals surface area contributed by atoms with E-state index in [1.807, 2.05) is 13.8 Å². The third kappa shape index (κ3) is 4.85. The van der Waals surface area contributed by atoms with Crippen LogP contribution in [0.1, 0.15) is 42.7 Å². The molecule has 1 aliphatic rings. The molecule has 2 aromatic carbocycles. The molecule has 0 saturated heterocycles. The number of methoxy groups -OCH3 is 1. The van der Waals surface area contributed by atoms with Gasteiger partial charge in [-0.25, -0.2) is 13.1 Å². The molecule has 0 fully saturated rings. The van der Waals surface area contributed by atoms with Gasteiger partial charge >= 0.3 is 0 Å². The average Bonchev–Trinajstić information content (AvgIpc) is 2.72. The third-order valence-electron chi connectivity index (χ3n) is 4.54. The summed E-state index contributed by atoms with van der Waals surface area (Å²) in [5.74, 6) is 1.11. The first kappa shape index (κ1) is 21.9. The number of benzene rings is 2. The van der Waals surface area contributed by atoms with Gasteiger partial charge in [-0.2, -0.15) is 0 Å². The molecule has 30 heavy (non-hydrogen) atoms. The number of ether oxygens (including phenoxy) is 3. The Hall–Kier alpha value is -2.78. The lowest BCUT2D eigenvalue weighted by atomic mass is 10.1. The minimum Gasteiger partial charge on any atom is -0.496 e. The largest absolute Gasteiger partial charge is 0.496 e. The molecule has 0 aliphatic carbocycles. The molecule has 3 rings (SSSR count). The molecule has 8 nitrogen and oxygen atoms in total. The van der Waals surface area contributed by atoms with Crippen molar-refractivity contribution in [2.45, 2.75) is 37.8 Å². The van der Waals surface area contributed by atoms with Crippen LogP contribution in [0.25, 0.3) is 0 Å². The van der Waals surface area contributed by atoms with Gasteiger partial charge in [-0.05, 0) is 56.7 Å². The minimum absolute atomic E-state index is 0.0263. The number of rotatable bonds is 7. The molecule has 2 aromatic rings. The van der Waals surface area contributed by atoms with Crippen LogP contribution in [-0.4, -0.2) is 40.7 Å². The molecule has 0 aromatic heterocycles. The van der Waals surface area contributed by atoms with Gasteiger partial charge in [0.25, 0.3) is 5.91 Å². The second-order valence-corrected chi connectivity index (χ2v) is 8.95. The average molecular weight is 435 g/mol. The zero-order chi connectivity index (χ0) is 21.9. The van der Waals surface area contributed by atoms with Crippen LogP contribution in [-0.2, 0) is 10.0 Å². The van der Waals surface area contributed by atoms with Gasteiger partial charge < -0.3 is 19.5 Å². The lowest BCUT2D eigenvalue weighted by Crippen LogP contribution is -2.31. The number of carbonyl (C=O) groups excluding carboxylic acids is 1. The van der Waals surface area contributed by atoms with Crippen LogP contribution in [0.5, 0.6) is 17.2 Å². The molecule has 1 heterocycles. The summed E-state index contributed by atoms with van der Waals surface area (Å²) in [6.07, 6.45) is 0. The fourth-order valence-corrected chi connectivity index (χ4v) is 4.33. The van der Waals surface area contributed by atoms with Crippen molar-refractivity contribution in [1.82, 2.24) is 10.0 Å². The van der Waals surface area contributed by atoms with Gasteiger partial charge in [0.15, 0.2) is 11.5 Å². The number of nitrogens with one attached hydrogen (secondary N) is 2. The highest BCUT2D eigenvalue weighted by Gasteiger charge is 2.23. The molecule has 1 aliphatic heterocycles. The van der Waals surface area contributed by atoms with E-state index in [1.54, 1.807) is 25.1 Å². The summed E-state index contributed by atoms with van der Waals surface area (Å²) in [6.45, 7) is 6.31. The fourth-order valence-electron chi connectivity index (χ4n) is 3.07. The maximum absolute atomic E-state index is 13.0. The lowest BCUT2D eigenvalue weighted by molar-refractivity contribution is 0.0940. The summed E-state index contributed by atoms with van der Waals surface area (Å²) in [6, 6.07) is 8.87. The molecule has 0 radical (unpaired) electrons. The van der Waals surface area contributed by atoms with Crippen molar-refractivity contribution in [3.05, 3.63) is 47.5 Å². The highest BCUT2D eigenvalue weighted by atomic mass is 32.2. The van der Waals surface area contributed by atoms with Crippen LogP contribution in [0, 0.1) is 0 Å². The number of hydrogen-bond acceptors (Lipinski definition) is 6. The topological polar surface area (TPSA) is 103 Å². The Morgan fingerprint density at radius 1 is 1.03 bits per heavy atom. The lowest BCUT2D eigenvalue weighted by Gasteiger charge is -2.21. The molecule has 0 bridgehead atoms. The van der Waals surface area contributed by atoms with Crippen LogP contribution in [0.3, 0.4) is 0 Å². The number of fused-ring (bicyclic) bond motifs is 1. The van der Waals surface area contributed by atoms with Crippen LogP contribution in [0.15, 0.2) is 41.3 Å². The van der Waals surface area contributed by atoms with Crippen LogP contribution in [0.4, 0.5) is 0 Å². The van der Waals surface area contributed by atoms with Crippen LogP contribution in [0.2, 0.25) is 0 Å². The number of amides is 1. The van der Waals surface area contributed by atoms with Gasteiger partial charge in [0, 0.05) is 12.1 Å². The third-order valence-corrected chi connectivity index (χ3v) is 6.08. The first-order valence-electron chi connectivity index (χ1n) is 9.62. The Kier molecular flexibility index (Phi) is 6.52. The molecule has 1 amide bonds. The van der Waals surface area contributed by atoms with E-state index in [9.17, 15) is 13.2 Å². The molecular weight excluding hydrogens is 408 g/mol. The van der Waals surface area contributed by atoms with Crippen molar-refractivity contribution in [2.24, 2.45) is 0 Å². The van der Waals surface area contributed by atoms with E-state index in [2.05, 4.69) is 10.0 Å². The minimum atomic E-state index is -3.90. The van der Waals surface area contributed by atoms with E-state index < -0.39 is 22.0 Å². The van der Waals surface area contributed by atoms with Crippen molar-refractivity contribution in [2.75, 3.05) is 20.3 Å². The van der Waals surface area contributed by atoms with Gasteiger partial charge in [0.1, 0.15) is 19.0 Å². The number of carbonyl (C=O) groups is 1. The van der Waals surface area contributed by atoms with Gasteiger partial charge in [-0.1, -0.05) is 6.07 Å². The number of sulfonamides is 1. The molecule has 9 heteroatoms.